The Morgan fingerprint density at radius 2 is 1.86 bits per heavy atom. The van der Waals surface area contributed by atoms with Crippen LogP contribution >= 0.6 is 0 Å². The van der Waals surface area contributed by atoms with Gasteiger partial charge in [-0.25, -0.2) is 4.98 Å². The molecule has 184 valence electrons. The zero-order valence-electron chi connectivity index (χ0n) is 20.4. The van der Waals surface area contributed by atoms with Crippen molar-refractivity contribution in [2.75, 3.05) is 55.3 Å². The summed E-state index contributed by atoms with van der Waals surface area (Å²) in [5.74, 6) is 1.44. The lowest BCUT2D eigenvalue weighted by atomic mass is 10.0. The van der Waals surface area contributed by atoms with Gasteiger partial charge in [0.2, 0.25) is 0 Å². The normalized spacial score (nSPS) is 16.3. The maximum atomic E-state index is 13.1. The molecular formula is C27H30N8O. The lowest BCUT2D eigenvalue weighted by Gasteiger charge is -2.33. The summed E-state index contributed by atoms with van der Waals surface area (Å²) >= 11 is 0. The number of H-pyrrole nitrogens is 1. The Labute approximate surface area is 209 Å². The van der Waals surface area contributed by atoms with Gasteiger partial charge in [0, 0.05) is 56.1 Å². The number of nitrogens with zero attached hydrogens (tertiary/aromatic N) is 5. The predicted molar refractivity (Wildman–Crippen MR) is 142 cm³/mol. The predicted octanol–water partition coefficient (Wildman–Crippen LogP) is 3.85. The van der Waals surface area contributed by atoms with Gasteiger partial charge in [0.25, 0.3) is 5.91 Å². The van der Waals surface area contributed by atoms with E-state index in [1.807, 2.05) is 42.7 Å². The third-order valence-electron chi connectivity index (χ3n) is 6.97. The van der Waals surface area contributed by atoms with E-state index in [1.165, 1.54) is 12.8 Å². The van der Waals surface area contributed by atoms with Crippen LogP contribution in [0.5, 0.6) is 0 Å². The minimum atomic E-state index is -0.273. The minimum Gasteiger partial charge on any atom is -0.384 e. The molecule has 3 N–H and O–H groups in total. The zero-order chi connectivity index (χ0) is 24.5. The Kier molecular flexibility index (Phi) is 5.98. The quantitative estimate of drug-likeness (QED) is 0.368. The third kappa shape index (κ3) is 4.87. The number of rotatable bonds is 7. The smallest absolute Gasteiger partial charge is 0.276 e. The molecule has 1 aliphatic carbocycles. The fraction of sp³-hybridized carbons (Fsp3) is 0.333. The van der Waals surface area contributed by atoms with Gasteiger partial charge in [-0.1, -0.05) is 6.07 Å². The Bertz CT molecular complexity index is 1370. The van der Waals surface area contributed by atoms with Crippen LogP contribution in [0.2, 0.25) is 0 Å². The summed E-state index contributed by atoms with van der Waals surface area (Å²) in [5.41, 5.74) is 4.79. The Hall–Kier alpha value is -3.98. The van der Waals surface area contributed by atoms with Crippen molar-refractivity contribution >= 4 is 34.0 Å². The SMILES string of the molecule is CN1CCN(c2ccc(NC(=O)c3n[nH]c4ccc(-c5cncc(NCC6CC6)c5)cc34)cn2)CC1. The molecule has 3 aromatic heterocycles. The van der Waals surface area contributed by atoms with Crippen LogP contribution in [0.1, 0.15) is 23.3 Å². The van der Waals surface area contributed by atoms with Gasteiger partial charge >= 0.3 is 0 Å². The van der Waals surface area contributed by atoms with Crippen LogP contribution in [-0.2, 0) is 0 Å². The number of likely N-dealkylation sites (N-methyl/N-ethyl adjacent to an activating group) is 1. The number of nitrogens with one attached hydrogen (secondary N) is 3. The number of hydrogen-bond donors (Lipinski definition) is 3. The number of carbonyl (C=O) groups is 1. The van der Waals surface area contributed by atoms with Crippen molar-refractivity contribution in [3.63, 3.8) is 0 Å². The molecule has 2 aliphatic rings. The summed E-state index contributed by atoms with van der Waals surface area (Å²) in [6.45, 7) is 4.93. The van der Waals surface area contributed by atoms with Gasteiger partial charge in [-0.15, -0.1) is 0 Å². The van der Waals surface area contributed by atoms with Crippen molar-refractivity contribution in [2.24, 2.45) is 5.92 Å². The van der Waals surface area contributed by atoms with Gasteiger partial charge in [0.05, 0.1) is 23.1 Å². The van der Waals surface area contributed by atoms with Crippen LogP contribution in [0.15, 0.2) is 55.0 Å². The molecule has 4 aromatic rings. The molecule has 1 aliphatic heterocycles. The van der Waals surface area contributed by atoms with Crippen molar-refractivity contribution < 1.29 is 4.79 Å². The third-order valence-corrected chi connectivity index (χ3v) is 6.97. The molecule has 1 saturated heterocycles. The number of amides is 1. The summed E-state index contributed by atoms with van der Waals surface area (Å²) in [6, 6.07) is 11.9. The van der Waals surface area contributed by atoms with E-state index in [2.05, 4.69) is 53.7 Å². The number of aromatic amines is 1. The topological polar surface area (TPSA) is 102 Å². The van der Waals surface area contributed by atoms with Crippen LogP contribution in [0, 0.1) is 5.92 Å². The molecular weight excluding hydrogens is 452 g/mol. The van der Waals surface area contributed by atoms with Gasteiger partial charge in [-0.05, 0) is 61.7 Å². The minimum absolute atomic E-state index is 0.273. The first-order valence-corrected chi connectivity index (χ1v) is 12.5. The lowest BCUT2D eigenvalue weighted by molar-refractivity contribution is 0.102. The van der Waals surface area contributed by atoms with Gasteiger partial charge in [0.1, 0.15) is 5.82 Å². The van der Waals surface area contributed by atoms with E-state index in [9.17, 15) is 4.79 Å². The van der Waals surface area contributed by atoms with E-state index in [0.29, 0.717) is 11.4 Å². The second kappa shape index (κ2) is 9.58. The standard InChI is InChI=1S/C27H30N8O/c1-34-8-10-35(11-9-34)25-7-5-21(17-30-25)31-27(36)26-23-13-19(4-6-24(23)32-33-26)20-12-22(16-28-15-20)29-14-18-2-3-18/h4-7,12-13,15-18,29H,2-3,8-11,14H2,1H3,(H,31,36)(H,32,33). The monoisotopic (exact) mass is 482 g/mol. The van der Waals surface area contributed by atoms with Crippen LogP contribution in [0.3, 0.4) is 0 Å². The van der Waals surface area contributed by atoms with Gasteiger partial charge < -0.3 is 20.4 Å². The van der Waals surface area contributed by atoms with E-state index in [4.69, 9.17) is 0 Å². The number of benzene rings is 1. The van der Waals surface area contributed by atoms with Gasteiger partial charge in [-0.3, -0.25) is 14.9 Å². The summed E-state index contributed by atoms with van der Waals surface area (Å²) in [4.78, 5) is 26.7. The highest BCUT2D eigenvalue weighted by molar-refractivity contribution is 6.11. The molecule has 0 unspecified atom stereocenters. The molecule has 1 aromatic carbocycles. The molecule has 6 rings (SSSR count). The second-order valence-corrected chi connectivity index (χ2v) is 9.77. The van der Waals surface area contributed by atoms with Gasteiger partial charge in [-0.2, -0.15) is 5.10 Å². The maximum Gasteiger partial charge on any atom is 0.276 e. The average molecular weight is 483 g/mol. The molecule has 2 fully saturated rings. The van der Waals surface area contributed by atoms with Crippen LogP contribution in [0.25, 0.3) is 22.0 Å². The van der Waals surface area contributed by atoms with Crippen molar-refractivity contribution in [2.45, 2.75) is 12.8 Å². The Balaban J connectivity index is 1.18. The largest absolute Gasteiger partial charge is 0.384 e. The first-order valence-electron chi connectivity index (χ1n) is 12.5. The van der Waals surface area contributed by atoms with Crippen LogP contribution in [0.4, 0.5) is 17.2 Å². The van der Waals surface area contributed by atoms with Crippen molar-refractivity contribution in [3.8, 4) is 11.1 Å². The molecule has 0 atom stereocenters. The molecule has 0 bridgehead atoms. The molecule has 4 heterocycles. The lowest BCUT2D eigenvalue weighted by Crippen LogP contribution is -2.44. The maximum absolute atomic E-state index is 13.1. The molecule has 36 heavy (non-hydrogen) atoms. The number of hydrogen-bond acceptors (Lipinski definition) is 7. The van der Waals surface area contributed by atoms with Crippen molar-refractivity contribution in [3.05, 3.63) is 60.7 Å². The highest BCUT2D eigenvalue weighted by Crippen LogP contribution is 2.30. The van der Waals surface area contributed by atoms with Crippen LogP contribution in [-0.4, -0.2) is 70.7 Å². The number of piperazine rings is 1. The fourth-order valence-electron chi connectivity index (χ4n) is 4.52. The second-order valence-electron chi connectivity index (χ2n) is 9.77. The van der Waals surface area contributed by atoms with E-state index >= 15 is 0 Å². The molecule has 9 heteroatoms. The van der Waals surface area contributed by atoms with E-state index < -0.39 is 0 Å². The number of fused-ring (bicyclic) bond motifs is 1. The van der Waals surface area contributed by atoms with Crippen molar-refractivity contribution in [1.29, 1.82) is 0 Å². The number of aromatic nitrogens is 4. The van der Waals surface area contributed by atoms with E-state index in [1.54, 1.807) is 6.20 Å². The number of carbonyl (C=O) groups excluding carboxylic acids is 1. The fourth-order valence-corrected chi connectivity index (χ4v) is 4.52. The first-order chi connectivity index (χ1) is 17.6. The molecule has 9 nitrogen and oxygen atoms in total. The van der Waals surface area contributed by atoms with E-state index in [-0.39, 0.29) is 5.91 Å². The molecule has 1 saturated carbocycles. The average Bonchev–Trinajstić information content (AvgIpc) is 3.65. The molecule has 0 radical (unpaired) electrons. The zero-order valence-corrected chi connectivity index (χ0v) is 20.4. The summed E-state index contributed by atoms with van der Waals surface area (Å²) in [6.07, 6.45) is 8.01. The molecule has 1 amide bonds. The Morgan fingerprint density at radius 3 is 2.64 bits per heavy atom. The summed E-state index contributed by atoms with van der Waals surface area (Å²) in [5, 5.41) is 14.5. The Morgan fingerprint density at radius 1 is 1.00 bits per heavy atom. The number of pyridine rings is 2. The van der Waals surface area contributed by atoms with Crippen LogP contribution < -0.4 is 15.5 Å². The van der Waals surface area contributed by atoms with E-state index in [0.717, 1.165) is 72.2 Å². The number of anilines is 3. The summed E-state index contributed by atoms with van der Waals surface area (Å²) in [7, 11) is 2.13. The van der Waals surface area contributed by atoms with Crippen molar-refractivity contribution in [1.82, 2.24) is 25.1 Å². The summed E-state index contributed by atoms with van der Waals surface area (Å²) < 4.78 is 0. The highest BCUT2D eigenvalue weighted by Gasteiger charge is 2.21. The first kappa shape index (κ1) is 22.5. The highest BCUT2D eigenvalue weighted by atomic mass is 16.1. The molecule has 0 spiro atoms. The van der Waals surface area contributed by atoms with Gasteiger partial charge in [0.15, 0.2) is 5.69 Å².